The van der Waals surface area contributed by atoms with Gasteiger partial charge in [0.25, 0.3) is 0 Å². The molecular formula is C24H28ClN3OS. The van der Waals surface area contributed by atoms with Crippen LogP contribution in [0.3, 0.4) is 0 Å². The van der Waals surface area contributed by atoms with Crippen LogP contribution in [0, 0.1) is 0 Å². The van der Waals surface area contributed by atoms with Crippen LogP contribution < -0.4 is 10.1 Å². The molecule has 1 aliphatic rings. The summed E-state index contributed by atoms with van der Waals surface area (Å²) in [6.45, 7) is 8.39. The van der Waals surface area contributed by atoms with Crippen LogP contribution in [0.15, 0.2) is 36.4 Å². The Morgan fingerprint density at radius 3 is 2.70 bits per heavy atom. The van der Waals surface area contributed by atoms with Gasteiger partial charge in [-0.25, -0.2) is 4.98 Å². The molecule has 0 radical (unpaired) electrons. The van der Waals surface area contributed by atoms with Crippen molar-refractivity contribution in [1.29, 1.82) is 0 Å². The molecule has 0 unspecified atom stereocenters. The molecule has 1 N–H and O–H groups in total. The SMILES string of the molecule is CCc1c(-c2nsc(-c3ccc(OC(C)C)c(Cl)c3)n2)cccc1C1CCNCC1. The molecule has 0 amide bonds. The van der Waals surface area contributed by atoms with Crippen molar-refractivity contribution in [2.75, 3.05) is 13.1 Å². The quantitative estimate of drug-likeness (QED) is 0.484. The van der Waals surface area contributed by atoms with E-state index in [1.165, 1.54) is 35.5 Å². The Kier molecular flexibility index (Phi) is 6.71. The average molecular weight is 442 g/mol. The highest BCUT2D eigenvalue weighted by Gasteiger charge is 2.21. The Balaban J connectivity index is 1.65. The third-order valence-electron chi connectivity index (χ3n) is 5.55. The van der Waals surface area contributed by atoms with E-state index in [4.69, 9.17) is 25.7 Å². The minimum Gasteiger partial charge on any atom is -0.489 e. The van der Waals surface area contributed by atoms with E-state index in [1.807, 2.05) is 32.0 Å². The number of rotatable bonds is 6. The maximum absolute atomic E-state index is 6.43. The Morgan fingerprint density at radius 2 is 2.00 bits per heavy atom. The van der Waals surface area contributed by atoms with Gasteiger partial charge in [0.05, 0.1) is 11.1 Å². The molecule has 2 heterocycles. The van der Waals surface area contributed by atoms with Crippen LogP contribution in [0.4, 0.5) is 0 Å². The number of aromatic nitrogens is 2. The van der Waals surface area contributed by atoms with Gasteiger partial charge in [0, 0.05) is 11.1 Å². The lowest BCUT2D eigenvalue weighted by atomic mass is 9.84. The maximum Gasteiger partial charge on any atom is 0.173 e. The fourth-order valence-electron chi connectivity index (χ4n) is 4.16. The molecular weight excluding hydrogens is 414 g/mol. The third-order valence-corrected chi connectivity index (χ3v) is 6.61. The van der Waals surface area contributed by atoms with Gasteiger partial charge in [-0.05, 0) is 93.0 Å². The van der Waals surface area contributed by atoms with Gasteiger partial charge in [-0.2, -0.15) is 4.37 Å². The van der Waals surface area contributed by atoms with Gasteiger partial charge in [-0.15, -0.1) is 0 Å². The van der Waals surface area contributed by atoms with Gasteiger partial charge in [-0.3, -0.25) is 0 Å². The van der Waals surface area contributed by atoms with E-state index in [0.717, 1.165) is 41.5 Å². The second kappa shape index (κ2) is 9.46. The predicted molar refractivity (Wildman–Crippen MR) is 126 cm³/mol. The summed E-state index contributed by atoms with van der Waals surface area (Å²) in [5, 5.41) is 4.94. The number of piperidine rings is 1. The number of nitrogens with one attached hydrogen (secondary N) is 1. The number of benzene rings is 2. The standard InChI is InChI=1S/C24H28ClN3OS/c1-4-18-19(16-10-12-26-13-11-16)6-5-7-20(18)23-27-24(30-28-23)17-8-9-22(21(25)14-17)29-15(2)3/h5-9,14-16,26H,4,10-13H2,1-3H3. The topological polar surface area (TPSA) is 47.0 Å². The van der Waals surface area contributed by atoms with E-state index in [1.54, 1.807) is 0 Å². The van der Waals surface area contributed by atoms with Gasteiger partial charge >= 0.3 is 0 Å². The smallest absolute Gasteiger partial charge is 0.173 e. The summed E-state index contributed by atoms with van der Waals surface area (Å²) < 4.78 is 10.4. The number of hydrogen-bond acceptors (Lipinski definition) is 5. The molecule has 1 aromatic heterocycles. The van der Waals surface area contributed by atoms with Crippen molar-refractivity contribution in [3.8, 4) is 27.7 Å². The van der Waals surface area contributed by atoms with Crippen molar-refractivity contribution < 1.29 is 4.74 Å². The Morgan fingerprint density at radius 1 is 1.20 bits per heavy atom. The largest absolute Gasteiger partial charge is 0.489 e. The molecule has 4 rings (SSSR count). The van der Waals surface area contributed by atoms with Crippen molar-refractivity contribution in [3.05, 3.63) is 52.5 Å². The summed E-state index contributed by atoms with van der Waals surface area (Å²) in [6, 6.07) is 12.4. The van der Waals surface area contributed by atoms with Crippen LogP contribution >= 0.6 is 23.1 Å². The lowest BCUT2D eigenvalue weighted by molar-refractivity contribution is 0.242. The van der Waals surface area contributed by atoms with Crippen molar-refractivity contribution in [2.45, 2.75) is 52.1 Å². The van der Waals surface area contributed by atoms with E-state index < -0.39 is 0 Å². The van der Waals surface area contributed by atoms with Crippen LogP contribution in [0.5, 0.6) is 5.75 Å². The molecule has 1 saturated heterocycles. The zero-order valence-electron chi connectivity index (χ0n) is 17.7. The Labute approximate surface area is 187 Å². The summed E-state index contributed by atoms with van der Waals surface area (Å²) in [7, 11) is 0. The van der Waals surface area contributed by atoms with E-state index in [0.29, 0.717) is 16.7 Å². The van der Waals surface area contributed by atoms with Crippen LogP contribution in [-0.2, 0) is 6.42 Å². The lowest BCUT2D eigenvalue weighted by Crippen LogP contribution is -2.27. The third kappa shape index (κ3) is 4.53. The summed E-state index contributed by atoms with van der Waals surface area (Å²) in [6.07, 6.45) is 3.45. The second-order valence-corrected chi connectivity index (χ2v) is 9.15. The van der Waals surface area contributed by atoms with Crippen molar-refractivity contribution in [2.24, 2.45) is 0 Å². The monoisotopic (exact) mass is 441 g/mol. The molecule has 1 aliphatic heterocycles. The van der Waals surface area contributed by atoms with Crippen LogP contribution in [0.1, 0.15) is 50.7 Å². The van der Waals surface area contributed by atoms with Crippen LogP contribution in [-0.4, -0.2) is 28.6 Å². The fraction of sp³-hybridized carbons (Fsp3) is 0.417. The first-order valence-corrected chi connectivity index (χ1v) is 11.8. The second-order valence-electron chi connectivity index (χ2n) is 7.99. The van der Waals surface area contributed by atoms with Gasteiger partial charge in [-0.1, -0.05) is 36.7 Å². The first-order valence-electron chi connectivity index (χ1n) is 10.7. The summed E-state index contributed by atoms with van der Waals surface area (Å²) in [5.74, 6) is 2.12. The van der Waals surface area contributed by atoms with E-state index >= 15 is 0 Å². The highest BCUT2D eigenvalue weighted by Crippen LogP contribution is 2.36. The van der Waals surface area contributed by atoms with Crippen LogP contribution in [0.25, 0.3) is 22.0 Å². The highest BCUT2D eigenvalue weighted by atomic mass is 35.5. The first-order chi connectivity index (χ1) is 14.6. The number of hydrogen-bond donors (Lipinski definition) is 1. The summed E-state index contributed by atoms with van der Waals surface area (Å²) in [5.41, 5.74) is 4.97. The maximum atomic E-state index is 6.43. The molecule has 6 heteroatoms. The van der Waals surface area contributed by atoms with Gasteiger partial charge in [0.2, 0.25) is 0 Å². The normalized spacial score (nSPS) is 15.0. The van der Waals surface area contributed by atoms with E-state index in [9.17, 15) is 0 Å². The van der Waals surface area contributed by atoms with Gasteiger partial charge < -0.3 is 10.1 Å². The molecule has 2 aromatic carbocycles. The predicted octanol–water partition coefficient (Wildman–Crippen LogP) is 6.34. The van der Waals surface area contributed by atoms with Crippen LogP contribution in [0.2, 0.25) is 5.02 Å². The van der Waals surface area contributed by atoms with Crippen molar-refractivity contribution in [1.82, 2.24) is 14.7 Å². The molecule has 0 spiro atoms. The molecule has 158 valence electrons. The zero-order valence-corrected chi connectivity index (χ0v) is 19.3. The molecule has 1 fully saturated rings. The molecule has 0 bridgehead atoms. The Bertz CT molecular complexity index is 1010. The van der Waals surface area contributed by atoms with E-state index in [2.05, 4.69) is 30.4 Å². The molecule has 30 heavy (non-hydrogen) atoms. The number of ether oxygens (including phenoxy) is 1. The average Bonchev–Trinajstić information content (AvgIpc) is 3.25. The van der Waals surface area contributed by atoms with Gasteiger partial charge in [0.15, 0.2) is 5.82 Å². The van der Waals surface area contributed by atoms with Crippen molar-refractivity contribution in [3.63, 3.8) is 0 Å². The summed E-state index contributed by atoms with van der Waals surface area (Å²) in [4.78, 5) is 4.87. The number of halogens is 1. The first kappa shape index (κ1) is 21.3. The minimum atomic E-state index is 0.0844. The minimum absolute atomic E-state index is 0.0844. The fourth-order valence-corrected chi connectivity index (χ4v) is 5.05. The molecule has 0 aliphatic carbocycles. The van der Waals surface area contributed by atoms with Gasteiger partial charge in [0.1, 0.15) is 10.8 Å². The summed E-state index contributed by atoms with van der Waals surface area (Å²) >= 11 is 7.84. The molecule has 4 nitrogen and oxygen atoms in total. The number of nitrogens with zero attached hydrogens (tertiary/aromatic N) is 2. The van der Waals surface area contributed by atoms with Crippen molar-refractivity contribution >= 4 is 23.1 Å². The molecule has 0 saturated carbocycles. The zero-order chi connectivity index (χ0) is 21.1. The Hall–Kier alpha value is -1.95. The molecule has 3 aromatic rings. The lowest BCUT2D eigenvalue weighted by Gasteiger charge is -2.25. The molecule has 0 atom stereocenters. The van der Waals surface area contributed by atoms with E-state index in [-0.39, 0.29) is 6.10 Å². The highest BCUT2D eigenvalue weighted by molar-refractivity contribution is 7.09.